The summed E-state index contributed by atoms with van der Waals surface area (Å²) in [5.41, 5.74) is -0.613. The van der Waals surface area contributed by atoms with Crippen LogP contribution in [0.4, 0.5) is 0 Å². The van der Waals surface area contributed by atoms with E-state index in [1.807, 2.05) is 38.4 Å². The van der Waals surface area contributed by atoms with Crippen LogP contribution in [0.15, 0.2) is 42.6 Å². The third kappa shape index (κ3) is 10.2. The number of aromatic nitrogens is 2. The third-order valence-corrected chi connectivity index (χ3v) is 4.02. The number of aliphatic carboxylic acids is 3. The number of nitrogens with one attached hydrogen (secondary N) is 1. The number of likely N-dealkylation sites (N-methyl/N-ethyl adjacent to an activating group) is 1. The van der Waals surface area contributed by atoms with E-state index in [0.717, 1.165) is 17.8 Å². The van der Waals surface area contributed by atoms with Gasteiger partial charge in [-0.3, -0.25) is 14.7 Å². The van der Waals surface area contributed by atoms with Crippen molar-refractivity contribution in [1.82, 2.24) is 15.1 Å². The van der Waals surface area contributed by atoms with Gasteiger partial charge in [0, 0.05) is 12.7 Å². The number of aliphatic hydroxyl groups is 1. The Morgan fingerprint density at radius 3 is 2.03 bits per heavy atom. The molecule has 2 aromatic rings. The Kier molecular flexibility index (Phi) is 12.5. The molecule has 5 N–H and O–H groups in total. The highest BCUT2D eigenvalue weighted by atomic mass is 16.5. The summed E-state index contributed by atoms with van der Waals surface area (Å²) < 4.78 is 5.97. The van der Waals surface area contributed by atoms with E-state index in [9.17, 15) is 14.4 Å². The van der Waals surface area contributed by atoms with Gasteiger partial charge in [-0.15, -0.1) is 0 Å². The minimum atomic E-state index is -2.74. The molecular formula is C21H31N3O8. The van der Waals surface area contributed by atoms with Gasteiger partial charge in [-0.05, 0) is 25.7 Å². The van der Waals surface area contributed by atoms with Crippen LogP contribution in [0.3, 0.4) is 0 Å². The number of benzene rings is 1. The molecule has 32 heavy (non-hydrogen) atoms. The van der Waals surface area contributed by atoms with Gasteiger partial charge >= 0.3 is 17.9 Å². The third-order valence-electron chi connectivity index (χ3n) is 4.02. The molecule has 0 saturated heterocycles. The maximum absolute atomic E-state index is 10.3. The van der Waals surface area contributed by atoms with Crippen molar-refractivity contribution in [3.8, 4) is 0 Å². The molecule has 1 heterocycles. The smallest absolute Gasteiger partial charge is 0.336 e. The van der Waals surface area contributed by atoms with E-state index >= 15 is 0 Å². The lowest BCUT2D eigenvalue weighted by atomic mass is 9.96. The molecule has 0 saturated carbocycles. The molecule has 11 heteroatoms. The fourth-order valence-corrected chi connectivity index (χ4v) is 2.47. The van der Waals surface area contributed by atoms with Gasteiger partial charge in [-0.25, -0.2) is 4.79 Å². The number of aromatic amines is 1. The molecule has 1 aromatic carbocycles. The Labute approximate surface area is 186 Å². The minimum absolute atomic E-state index is 0. The van der Waals surface area contributed by atoms with Gasteiger partial charge in [0.1, 0.15) is 6.10 Å². The first kappa shape index (κ1) is 28.7. The Bertz CT molecular complexity index is 809. The van der Waals surface area contributed by atoms with Crippen LogP contribution >= 0.6 is 0 Å². The highest BCUT2D eigenvalue weighted by Crippen LogP contribution is 2.23. The van der Waals surface area contributed by atoms with Gasteiger partial charge < -0.3 is 30.1 Å². The van der Waals surface area contributed by atoms with Crippen molar-refractivity contribution in [2.45, 2.75) is 32.0 Å². The molecule has 178 valence electrons. The van der Waals surface area contributed by atoms with E-state index in [4.69, 9.17) is 25.2 Å². The van der Waals surface area contributed by atoms with Gasteiger partial charge in [0.15, 0.2) is 5.60 Å². The lowest BCUT2D eigenvalue weighted by Gasteiger charge is -2.18. The zero-order chi connectivity index (χ0) is 23.4. The van der Waals surface area contributed by atoms with E-state index in [-0.39, 0.29) is 13.5 Å². The molecule has 0 radical (unpaired) electrons. The van der Waals surface area contributed by atoms with Crippen LogP contribution in [0.2, 0.25) is 0 Å². The number of ether oxygens (including phenoxy) is 1. The van der Waals surface area contributed by atoms with Gasteiger partial charge in [0.2, 0.25) is 0 Å². The first-order valence-corrected chi connectivity index (χ1v) is 9.25. The second kappa shape index (κ2) is 13.9. The molecular weight excluding hydrogens is 422 g/mol. The van der Waals surface area contributed by atoms with Crippen molar-refractivity contribution in [1.29, 1.82) is 0 Å². The molecule has 0 aliphatic heterocycles. The molecule has 0 bridgehead atoms. The molecule has 0 amide bonds. The summed E-state index contributed by atoms with van der Waals surface area (Å²) in [6.45, 7) is 1.59. The highest BCUT2D eigenvalue weighted by molar-refractivity contribution is 5.88. The summed E-state index contributed by atoms with van der Waals surface area (Å²) in [5.74, 6) is -5.02. The topological polar surface area (TPSA) is 173 Å². The number of rotatable bonds is 11. The lowest BCUT2D eigenvalue weighted by molar-refractivity contribution is -0.170. The molecule has 0 aliphatic rings. The molecule has 1 unspecified atom stereocenters. The van der Waals surface area contributed by atoms with Gasteiger partial charge in [-0.1, -0.05) is 37.8 Å². The number of carboxylic acids is 3. The summed E-state index contributed by atoms with van der Waals surface area (Å²) in [4.78, 5) is 32.6. The predicted molar refractivity (Wildman–Crippen MR) is 115 cm³/mol. The van der Waals surface area contributed by atoms with E-state index in [1.165, 1.54) is 0 Å². The van der Waals surface area contributed by atoms with Crippen LogP contribution in [0, 0.1) is 0 Å². The molecule has 0 spiro atoms. The van der Waals surface area contributed by atoms with Crippen molar-refractivity contribution < 1.29 is 39.5 Å². The fourth-order valence-electron chi connectivity index (χ4n) is 2.47. The van der Waals surface area contributed by atoms with Crippen LogP contribution < -0.4 is 0 Å². The van der Waals surface area contributed by atoms with Crippen LogP contribution in [0.1, 0.15) is 37.6 Å². The first-order valence-electron chi connectivity index (χ1n) is 9.25. The van der Waals surface area contributed by atoms with Crippen molar-refractivity contribution >= 4 is 17.9 Å². The quantitative estimate of drug-likeness (QED) is 0.335. The Morgan fingerprint density at radius 2 is 1.62 bits per heavy atom. The van der Waals surface area contributed by atoms with E-state index in [1.54, 1.807) is 6.20 Å². The Morgan fingerprint density at radius 1 is 1.06 bits per heavy atom. The fraction of sp³-hybridized carbons (Fsp3) is 0.429. The van der Waals surface area contributed by atoms with Crippen LogP contribution in [-0.2, 0) is 19.1 Å². The molecule has 2 rings (SSSR count). The first-order chi connectivity index (χ1) is 14.5. The maximum Gasteiger partial charge on any atom is 0.336 e. The van der Waals surface area contributed by atoms with Crippen LogP contribution in [-0.4, -0.2) is 86.3 Å². The van der Waals surface area contributed by atoms with E-state index in [2.05, 4.69) is 27.2 Å². The van der Waals surface area contributed by atoms with E-state index < -0.39 is 36.4 Å². The van der Waals surface area contributed by atoms with Crippen molar-refractivity contribution in [2.75, 3.05) is 27.2 Å². The molecule has 1 aromatic heterocycles. The van der Waals surface area contributed by atoms with Crippen LogP contribution in [0.25, 0.3) is 0 Å². The average Bonchev–Trinajstić information content (AvgIpc) is 3.19. The largest absolute Gasteiger partial charge is 0.481 e. The summed E-state index contributed by atoms with van der Waals surface area (Å²) in [5, 5.41) is 40.8. The number of hydrogen-bond acceptors (Lipinski definition) is 7. The Hall–Kier alpha value is -3.28. The monoisotopic (exact) mass is 453 g/mol. The van der Waals surface area contributed by atoms with Gasteiger partial charge in [0.05, 0.1) is 25.1 Å². The van der Waals surface area contributed by atoms with Crippen molar-refractivity contribution in [3.05, 3.63) is 53.9 Å². The van der Waals surface area contributed by atoms with E-state index in [0.29, 0.717) is 6.61 Å². The zero-order valence-corrected chi connectivity index (χ0v) is 17.3. The molecule has 0 fully saturated rings. The predicted octanol–water partition coefficient (Wildman–Crippen LogP) is 1.46. The van der Waals surface area contributed by atoms with Gasteiger partial charge in [-0.2, -0.15) is 5.10 Å². The normalized spacial score (nSPS) is 11.6. The summed E-state index contributed by atoms with van der Waals surface area (Å²) in [6.07, 6.45) is -0.613. The Balaban J connectivity index is 0.000000617. The van der Waals surface area contributed by atoms with Crippen molar-refractivity contribution in [2.24, 2.45) is 0 Å². The van der Waals surface area contributed by atoms with Crippen molar-refractivity contribution in [3.63, 3.8) is 0 Å². The summed E-state index contributed by atoms with van der Waals surface area (Å²) >= 11 is 0. The SMILES string of the molecule is C.CN(C)CCOC(c1ccccc1)c1ccn[nH]1.O=C(O)CC(O)(CC(=O)O)C(=O)O. The highest BCUT2D eigenvalue weighted by Gasteiger charge is 2.40. The number of hydrogen-bond donors (Lipinski definition) is 5. The lowest BCUT2D eigenvalue weighted by Crippen LogP contribution is -2.42. The minimum Gasteiger partial charge on any atom is -0.481 e. The van der Waals surface area contributed by atoms with Gasteiger partial charge in [0.25, 0.3) is 0 Å². The van der Waals surface area contributed by atoms with Crippen LogP contribution in [0.5, 0.6) is 0 Å². The number of H-pyrrole nitrogens is 1. The maximum atomic E-state index is 10.3. The number of nitrogens with zero attached hydrogens (tertiary/aromatic N) is 2. The molecule has 0 aliphatic carbocycles. The summed E-state index contributed by atoms with van der Waals surface area (Å²) in [7, 11) is 4.08. The number of carboxylic acid groups (broad SMARTS) is 3. The second-order valence-corrected chi connectivity index (χ2v) is 6.95. The second-order valence-electron chi connectivity index (χ2n) is 6.95. The average molecular weight is 453 g/mol. The summed E-state index contributed by atoms with van der Waals surface area (Å²) in [6, 6.07) is 12.1. The zero-order valence-electron chi connectivity index (χ0n) is 17.3. The standard InChI is InChI=1S/C14H19N3O.C6H8O7.CH4/c1-17(2)10-11-18-14(13-8-9-15-16-13)12-6-4-3-5-7-12;7-3(8)1-6(13,5(11)12)2-4(9)10;/h3-9,14H,10-11H2,1-2H3,(H,15,16);13H,1-2H2,(H,7,8)(H,9,10)(H,11,12);1H4. The molecule has 1 atom stereocenters. The number of carbonyl (C=O) groups is 3. The molecule has 11 nitrogen and oxygen atoms in total.